The van der Waals surface area contributed by atoms with Crippen molar-refractivity contribution in [2.75, 3.05) is 12.8 Å². The number of nitrogens with one attached hydrogen (secondary N) is 1. The zero-order valence-corrected chi connectivity index (χ0v) is 11.8. The van der Waals surface area contributed by atoms with Crippen LogP contribution in [0.4, 0.5) is 5.00 Å². The molecule has 1 aromatic heterocycles. The Hall–Kier alpha value is -1.89. The molecular weight excluding hydrogens is 276 g/mol. The predicted molar refractivity (Wildman–Crippen MR) is 79.4 cm³/mol. The molecule has 5 nitrogen and oxygen atoms in total. The summed E-state index contributed by atoms with van der Waals surface area (Å²) in [5.74, 6) is -0.240. The Morgan fingerprint density at radius 3 is 2.60 bits per heavy atom. The Morgan fingerprint density at radius 2 is 2.00 bits per heavy atom. The number of nitrogens with two attached hydrogens (primary N) is 1. The third-order valence-corrected chi connectivity index (χ3v) is 3.94. The van der Waals surface area contributed by atoms with Crippen LogP contribution in [0.1, 0.15) is 21.5 Å². The van der Waals surface area contributed by atoms with Crippen molar-refractivity contribution in [3.8, 4) is 11.1 Å². The Labute approximate surface area is 120 Å². The van der Waals surface area contributed by atoms with Gasteiger partial charge in [0.1, 0.15) is 0 Å². The third kappa shape index (κ3) is 2.53. The molecule has 0 fully saturated rings. The van der Waals surface area contributed by atoms with E-state index in [1.54, 1.807) is 25.2 Å². The molecule has 0 bridgehead atoms. The van der Waals surface area contributed by atoms with E-state index in [4.69, 9.17) is 5.73 Å². The molecule has 0 atom stereocenters. The van der Waals surface area contributed by atoms with Crippen molar-refractivity contribution in [1.29, 1.82) is 0 Å². The molecule has 1 amide bonds. The van der Waals surface area contributed by atoms with Gasteiger partial charge in [-0.3, -0.25) is 4.79 Å². The quantitative estimate of drug-likeness (QED) is 0.684. The lowest BCUT2D eigenvalue weighted by molar-refractivity contribution is 0.0965. The van der Waals surface area contributed by atoms with E-state index < -0.39 is 0 Å². The van der Waals surface area contributed by atoms with Crippen LogP contribution in [0, 0.1) is 0 Å². The van der Waals surface area contributed by atoms with Crippen molar-refractivity contribution in [3.05, 3.63) is 40.3 Å². The van der Waals surface area contributed by atoms with Gasteiger partial charge < -0.3 is 21.3 Å². The van der Waals surface area contributed by atoms with Crippen molar-refractivity contribution in [1.82, 2.24) is 5.32 Å². The number of aliphatic hydroxyl groups is 2. The molecule has 6 heteroatoms. The van der Waals surface area contributed by atoms with Crippen molar-refractivity contribution < 1.29 is 15.0 Å². The highest BCUT2D eigenvalue weighted by Crippen LogP contribution is 2.34. The molecule has 0 spiro atoms. The Morgan fingerprint density at radius 1 is 1.30 bits per heavy atom. The highest BCUT2D eigenvalue weighted by molar-refractivity contribution is 7.15. The van der Waals surface area contributed by atoms with Gasteiger partial charge in [0.2, 0.25) is 0 Å². The van der Waals surface area contributed by atoms with Crippen LogP contribution >= 0.6 is 11.3 Å². The molecule has 106 valence electrons. The maximum Gasteiger partial charge on any atom is 0.254 e. The molecule has 0 saturated carbocycles. The summed E-state index contributed by atoms with van der Waals surface area (Å²) in [5.41, 5.74) is 9.11. The van der Waals surface area contributed by atoms with Gasteiger partial charge in [-0.2, -0.15) is 0 Å². The molecule has 0 saturated heterocycles. The van der Waals surface area contributed by atoms with Crippen molar-refractivity contribution in [2.45, 2.75) is 13.2 Å². The smallest absolute Gasteiger partial charge is 0.254 e. The maximum absolute atomic E-state index is 11.9. The summed E-state index contributed by atoms with van der Waals surface area (Å²) < 4.78 is 0. The maximum atomic E-state index is 11.9. The minimum Gasteiger partial charge on any atom is -0.392 e. The van der Waals surface area contributed by atoms with E-state index in [0.717, 1.165) is 11.1 Å². The van der Waals surface area contributed by atoms with Crippen LogP contribution in [0.25, 0.3) is 11.1 Å². The zero-order chi connectivity index (χ0) is 14.7. The second-order valence-electron chi connectivity index (χ2n) is 4.27. The van der Waals surface area contributed by atoms with Gasteiger partial charge in [-0.15, -0.1) is 11.3 Å². The first-order chi connectivity index (χ1) is 9.62. The van der Waals surface area contributed by atoms with E-state index in [0.29, 0.717) is 21.7 Å². The van der Waals surface area contributed by atoms with Gasteiger partial charge in [-0.25, -0.2) is 0 Å². The molecule has 2 rings (SSSR count). The highest BCUT2D eigenvalue weighted by Gasteiger charge is 2.18. The summed E-state index contributed by atoms with van der Waals surface area (Å²) in [5, 5.41) is 23.4. The predicted octanol–water partition coefficient (Wildman–Crippen LogP) is 1.34. The first-order valence-electron chi connectivity index (χ1n) is 6.05. The minimum atomic E-state index is -0.240. The first kappa shape index (κ1) is 14.5. The number of hydrogen-bond donors (Lipinski definition) is 4. The third-order valence-electron chi connectivity index (χ3n) is 3.13. The zero-order valence-electron chi connectivity index (χ0n) is 11.0. The fourth-order valence-electron chi connectivity index (χ4n) is 2.04. The highest BCUT2D eigenvalue weighted by atomic mass is 32.1. The van der Waals surface area contributed by atoms with Gasteiger partial charge in [0.25, 0.3) is 5.91 Å². The average Bonchev–Trinajstić information content (AvgIpc) is 2.87. The Balaban J connectivity index is 2.55. The Bertz CT molecular complexity index is 637. The number of rotatable bonds is 4. The molecule has 0 radical (unpaired) electrons. The number of aliphatic hydroxyl groups excluding tert-OH is 2. The number of amides is 1. The fourth-order valence-corrected chi connectivity index (χ4v) is 2.86. The molecule has 0 aliphatic rings. The van der Waals surface area contributed by atoms with Crippen LogP contribution in [0.5, 0.6) is 0 Å². The lowest BCUT2D eigenvalue weighted by atomic mass is 9.98. The minimum absolute atomic E-state index is 0.135. The standard InChI is InChI=1S/C14H16N2O3S/c1-16-14(19)12-11(7-20-13(12)15)8-2-3-9(5-17)10(4-8)6-18/h2-4,7,17-18H,5-6,15H2,1H3,(H,16,19). The van der Waals surface area contributed by atoms with Crippen molar-refractivity contribution >= 4 is 22.2 Å². The molecule has 1 heterocycles. The SMILES string of the molecule is CNC(=O)c1c(-c2ccc(CO)c(CO)c2)csc1N. The van der Waals surface area contributed by atoms with Crippen molar-refractivity contribution in [3.63, 3.8) is 0 Å². The van der Waals surface area contributed by atoms with E-state index in [-0.39, 0.29) is 19.1 Å². The van der Waals surface area contributed by atoms with E-state index in [1.165, 1.54) is 11.3 Å². The molecule has 0 aliphatic carbocycles. The summed E-state index contributed by atoms with van der Waals surface area (Å²) in [7, 11) is 1.55. The number of thiophene rings is 1. The number of benzene rings is 1. The van der Waals surface area contributed by atoms with Gasteiger partial charge in [0, 0.05) is 18.0 Å². The average molecular weight is 292 g/mol. The number of carbonyl (C=O) groups excluding carboxylic acids is 1. The summed E-state index contributed by atoms with van der Waals surface area (Å²) in [4.78, 5) is 11.9. The fraction of sp³-hybridized carbons (Fsp3) is 0.214. The molecule has 5 N–H and O–H groups in total. The normalized spacial score (nSPS) is 10.6. The molecule has 0 unspecified atom stereocenters. The van der Waals surface area contributed by atoms with E-state index >= 15 is 0 Å². The van der Waals surface area contributed by atoms with Crippen LogP contribution in [0.2, 0.25) is 0 Å². The summed E-state index contributed by atoms with van der Waals surface area (Å²) in [6, 6.07) is 5.31. The number of hydrogen-bond acceptors (Lipinski definition) is 5. The number of carbonyl (C=O) groups is 1. The van der Waals surface area contributed by atoms with Gasteiger partial charge in [0.15, 0.2) is 0 Å². The van der Waals surface area contributed by atoms with Crippen LogP contribution in [-0.4, -0.2) is 23.2 Å². The lowest BCUT2D eigenvalue weighted by Gasteiger charge is -2.09. The number of anilines is 1. The van der Waals surface area contributed by atoms with Crippen molar-refractivity contribution in [2.24, 2.45) is 0 Å². The second-order valence-corrected chi connectivity index (χ2v) is 5.18. The van der Waals surface area contributed by atoms with E-state index in [9.17, 15) is 15.0 Å². The molecule has 2 aromatic rings. The van der Waals surface area contributed by atoms with Crippen LogP contribution in [0.15, 0.2) is 23.6 Å². The second kappa shape index (κ2) is 6.04. The largest absolute Gasteiger partial charge is 0.392 e. The van der Waals surface area contributed by atoms with Crippen LogP contribution in [0.3, 0.4) is 0 Å². The van der Waals surface area contributed by atoms with Crippen LogP contribution in [-0.2, 0) is 13.2 Å². The molecule has 0 aliphatic heterocycles. The van der Waals surface area contributed by atoms with Gasteiger partial charge in [0.05, 0.1) is 23.8 Å². The van der Waals surface area contributed by atoms with E-state index in [2.05, 4.69) is 5.32 Å². The van der Waals surface area contributed by atoms with Crippen LogP contribution < -0.4 is 11.1 Å². The van der Waals surface area contributed by atoms with Gasteiger partial charge >= 0.3 is 0 Å². The molecule has 20 heavy (non-hydrogen) atoms. The topological polar surface area (TPSA) is 95.6 Å². The lowest BCUT2D eigenvalue weighted by Crippen LogP contribution is -2.19. The molecular formula is C14H16N2O3S. The van der Waals surface area contributed by atoms with Gasteiger partial charge in [-0.1, -0.05) is 12.1 Å². The summed E-state index contributed by atoms with van der Waals surface area (Å²) >= 11 is 1.30. The Kier molecular flexibility index (Phi) is 4.39. The summed E-state index contributed by atoms with van der Waals surface area (Å²) in [6.07, 6.45) is 0. The summed E-state index contributed by atoms with van der Waals surface area (Å²) in [6.45, 7) is -0.303. The molecule has 1 aromatic carbocycles. The number of nitrogen functional groups attached to an aromatic ring is 1. The van der Waals surface area contributed by atoms with Gasteiger partial charge in [-0.05, 0) is 22.8 Å². The first-order valence-corrected chi connectivity index (χ1v) is 6.93. The van der Waals surface area contributed by atoms with E-state index in [1.807, 2.05) is 5.38 Å². The monoisotopic (exact) mass is 292 g/mol.